The minimum Gasteiger partial charge on any atom is -0.394 e. The quantitative estimate of drug-likeness (QED) is 0.431. The molecule has 0 aromatic rings. The first-order valence-electron chi connectivity index (χ1n) is 9.12. The fraction of sp³-hybridized carbons (Fsp3) is 1.00. The van der Waals surface area contributed by atoms with Gasteiger partial charge in [-0.3, -0.25) is 0 Å². The van der Waals surface area contributed by atoms with E-state index in [0.29, 0.717) is 0 Å². The number of aliphatic hydroxyl groups excluding tert-OH is 2. The average Bonchev–Trinajstić information content (AvgIpc) is 2.52. The van der Waals surface area contributed by atoms with E-state index in [1.807, 2.05) is 0 Å². The van der Waals surface area contributed by atoms with E-state index in [0.717, 1.165) is 13.2 Å². The van der Waals surface area contributed by atoms with Crippen LogP contribution in [0, 0.1) is 0 Å². The van der Waals surface area contributed by atoms with Gasteiger partial charge in [0.25, 0.3) is 0 Å². The van der Waals surface area contributed by atoms with E-state index < -0.39 is 0 Å². The standard InChI is InChI=1S/C16H34O.C2H6O2/c1-3-5-7-8-9-10-11-12-13-14-16-17-15-6-4-2;3-1-2-4/h3-16H2,1-2H3;3-4H,1-2H2. The van der Waals surface area contributed by atoms with Crippen LogP contribution in [0.2, 0.25) is 0 Å². The van der Waals surface area contributed by atoms with Crippen molar-refractivity contribution in [1.29, 1.82) is 0 Å². The molecule has 0 spiro atoms. The number of hydrogen-bond acceptors (Lipinski definition) is 3. The number of ether oxygens (including phenoxy) is 1. The molecule has 3 nitrogen and oxygen atoms in total. The maximum Gasteiger partial charge on any atom is 0.0662 e. The molecule has 0 unspecified atom stereocenters. The van der Waals surface area contributed by atoms with E-state index in [-0.39, 0.29) is 13.2 Å². The summed E-state index contributed by atoms with van der Waals surface area (Å²) in [5.41, 5.74) is 0. The van der Waals surface area contributed by atoms with E-state index >= 15 is 0 Å². The van der Waals surface area contributed by atoms with Gasteiger partial charge in [-0.05, 0) is 12.8 Å². The van der Waals surface area contributed by atoms with E-state index in [1.165, 1.54) is 77.0 Å². The van der Waals surface area contributed by atoms with Gasteiger partial charge >= 0.3 is 0 Å². The first kappa shape index (κ1) is 23.2. The summed E-state index contributed by atoms with van der Waals surface area (Å²) in [6.45, 7) is 6.19. The summed E-state index contributed by atoms with van der Waals surface area (Å²) in [5.74, 6) is 0. The Morgan fingerprint density at radius 2 is 0.905 bits per heavy atom. The molecule has 0 aromatic heterocycles. The van der Waals surface area contributed by atoms with Crippen LogP contribution in [-0.2, 0) is 4.74 Å². The van der Waals surface area contributed by atoms with E-state index in [9.17, 15) is 0 Å². The summed E-state index contributed by atoms with van der Waals surface area (Å²) in [6.07, 6.45) is 16.5. The van der Waals surface area contributed by atoms with Gasteiger partial charge in [0.2, 0.25) is 0 Å². The van der Waals surface area contributed by atoms with Crippen molar-refractivity contribution in [2.45, 2.75) is 90.9 Å². The molecule has 0 aliphatic carbocycles. The van der Waals surface area contributed by atoms with Gasteiger partial charge in [-0.15, -0.1) is 0 Å². The average molecular weight is 305 g/mol. The van der Waals surface area contributed by atoms with Crippen molar-refractivity contribution in [1.82, 2.24) is 0 Å². The zero-order valence-corrected chi connectivity index (χ0v) is 14.6. The lowest BCUT2D eigenvalue weighted by molar-refractivity contribution is 0.127. The highest BCUT2D eigenvalue weighted by atomic mass is 16.5. The summed E-state index contributed by atoms with van der Waals surface area (Å²) in [7, 11) is 0. The van der Waals surface area contributed by atoms with Gasteiger partial charge in [0.05, 0.1) is 13.2 Å². The number of hydrogen-bond donors (Lipinski definition) is 2. The molecule has 3 heteroatoms. The zero-order chi connectivity index (χ0) is 16.0. The molecule has 2 N–H and O–H groups in total. The summed E-state index contributed by atoms with van der Waals surface area (Å²) in [6, 6.07) is 0. The lowest BCUT2D eigenvalue weighted by atomic mass is 10.1. The Hall–Kier alpha value is -0.120. The summed E-state index contributed by atoms with van der Waals surface area (Å²) in [5, 5.41) is 15.2. The lowest BCUT2D eigenvalue weighted by Crippen LogP contribution is -1.96. The molecule has 0 aliphatic heterocycles. The van der Waals surface area contributed by atoms with Crippen molar-refractivity contribution < 1.29 is 14.9 Å². The van der Waals surface area contributed by atoms with Crippen molar-refractivity contribution in [3.8, 4) is 0 Å². The Morgan fingerprint density at radius 1 is 0.524 bits per heavy atom. The molecule has 0 saturated carbocycles. The highest BCUT2D eigenvalue weighted by Gasteiger charge is 1.93. The highest BCUT2D eigenvalue weighted by molar-refractivity contribution is 4.47. The van der Waals surface area contributed by atoms with Gasteiger partial charge in [0.1, 0.15) is 0 Å². The third-order valence-electron chi connectivity index (χ3n) is 3.38. The smallest absolute Gasteiger partial charge is 0.0662 e. The van der Waals surface area contributed by atoms with Crippen LogP contribution in [-0.4, -0.2) is 36.6 Å². The normalized spacial score (nSPS) is 10.3. The van der Waals surface area contributed by atoms with Gasteiger partial charge in [0.15, 0.2) is 0 Å². The maximum atomic E-state index is 7.62. The maximum absolute atomic E-state index is 7.62. The molecule has 0 amide bonds. The van der Waals surface area contributed by atoms with Crippen LogP contribution in [0.25, 0.3) is 0 Å². The van der Waals surface area contributed by atoms with Gasteiger partial charge in [-0.1, -0.05) is 78.1 Å². The molecule has 0 aromatic carbocycles. The van der Waals surface area contributed by atoms with Crippen LogP contribution < -0.4 is 0 Å². The minimum atomic E-state index is -0.125. The lowest BCUT2D eigenvalue weighted by Gasteiger charge is -2.03. The molecule has 21 heavy (non-hydrogen) atoms. The van der Waals surface area contributed by atoms with Crippen molar-refractivity contribution in [3.05, 3.63) is 0 Å². The summed E-state index contributed by atoms with van der Waals surface area (Å²) >= 11 is 0. The first-order chi connectivity index (χ1) is 10.3. The fourth-order valence-corrected chi connectivity index (χ4v) is 2.04. The van der Waals surface area contributed by atoms with Gasteiger partial charge in [-0.2, -0.15) is 0 Å². The molecule has 0 radical (unpaired) electrons. The SMILES string of the molecule is CCCCCCCCCCCCOCCCC.OCCO. The second-order valence-corrected chi connectivity index (χ2v) is 5.60. The van der Waals surface area contributed by atoms with E-state index in [4.69, 9.17) is 14.9 Å². The monoisotopic (exact) mass is 304 g/mol. The molecule has 0 atom stereocenters. The summed E-state index contributed by atoms with van der Waals surface area (Å²) in [4.78, 5) is 0. The number of rotatable bonds is 15. The van der Waals surface area contributed by atoms with Crippen LogP contribution in [0.3, 0.4) is 0 Å². The van der Waals surface area contributed by atoms with Crippen molar-refractivity contribution in [2.75, 3.05) is 26.4 Å². The second-order valence-electron chi connectivity index (χ2n) is 5.60. The van der Waals surface area contributed by atoms with Crippen LogP contribution in [0.5, 0.6) is 0 Å². The minimum absolute atomic E-state index is 0.125. The van der Waals surface area contributed by atoms with Crippen molar-refractivity contribution in [2.24, 2.45) is 0 Å². The largest absolute Gasteiger partial charge is 0.394 e. The van der Waals surface area contributed by atoms with E-state index in [2.05, 4.69) is 13.8 Å². The van der Waals surface area contributed by atoms with Crippen LogP contribution in [0.1, 0.15) is 90.9 Å². The van der Waals surface area contributed by atoms with Gasteiger partial charge < -0.3 is 14.9 Å². The van der Waals surface area contributed by atoms with Crippen LogP contribution >= 0.6 is 0 Å². The predicted molar refractivity (Wildman–Crippen MR) is 91.7 cm³/mol. The van der Waals surface area contributed by atoms with Gasteiger partial charge in [0, 0.05) is 13.2 Å². The highest BCUT2D eigenvalue weighted by Crippen LogP contribution is 2.10. The molecule has 130 valence electrons. The molecule has 0 fully saturated rings. The molecular formula is C18H40O3. The molecule has 0 saturated heterocycles. The topological polar surface area (TPSA) is 49.7 Å². The molecule has 0 heterocycles. The Labute approximate surface area is 133 Å². The zero-order valence-electron chi connectivity index (χ0n) is 14.6. The third kappa shape index (κ3) is 28.7. The van der Waals surface area contributed by atoms with Crippen LogP contribution in [0.4, 0.5) is 0 Å². The first-order valence-corrected chi connectivity index (χ1v) is 9.12. The Morgan fingerprint density at radius 3 is 1.33 bits per heavy atom. The fourth-order valence-electron chi connectivity index (χ4n) is 2.04. The molecular weight excluding hydrogens is 264 g/mol. The Kier molecular flexibility index (Phi) is 27.4. The predicted octanol–water partition coefficient (Wildman–Crippen LogP) is 4.70. The third-order valence-corrected chi connectivity index (χ3v) is 3.38. The van der Waals surface area contributed by atoms with Crippen molar-refractivity contribution >= 4 is 0 Å². The second kappa shape index (κ2) is 24.9. The van der Waals surface area contributed by atoms with E-state index in [1.54, 1.807) is 0 Å². The summed E-state index contributed by atoms with van der Waals surface area (Å²) < 4.78 is 5.55. The molecule has 0 rings (SSSR count). The van der Waals surface area contributed by atoms with Gasteiger partial charge in [-0.25, -0.2) is 0 Å². The molecule has 0 bridgehead atoms. The van der Waals surface area contributed by atoms with Crippen molar-refractivity contribution in [3.63, 3.8) is 0 Å². The number of unbranched alkanes of at least 4 members (excludes halogenated alkanes) is 10. The molecule has 0 aliphatic rings. The van der Waals surface area contributed by atoms with Crippen LogP contribution in [0.15, 0.2) is 0 Å². The Bertz CT molecular complexity index is 135. The Balaban J connectivity index is 0. The number of aliphatic hydroxyl groups is 2.